The molecule has 4 nitrogen and oxygen atoms in total. The molecule has 0 aliphatic heterocycles. The van der Waals surface area contributed by atoms with Gasteiger partial charge in [-0.15, -0.1) is 0 Å². The fraction of sp³-hybridized carbons (Fsp3) is 0.375. The van der Waals surface area contributed by atoms with Crippen molar-refractivity contribution in [2.45, 2.75) is 27.2 Å². The van der Waals surface area contributed by atoms with Gasteiger partial charge >= 0.3 is 0 Å². The van der Waals surface area contributed by atoms with Crippen LogP contribution in [0, 0.1) is 5.92 Å². The summed E-state index contributed by atoms with van der Waals surface area (Å²) >= 11 is 12.0. The number of nitrogens with one attached hydrogen (secondary N) is 1. The summed E-state index contributed by atoms with van der Waals surface area (Å²) in [4.78, 5) is 12.3. The molecule has 1 aromatic heterocycles. The molecular weight excluding hydrogens is 321 g/mol. The van der Waals surface area contributed by atoms with E-state index >= 15 is 0 Å². The van der Waals surface area contributed by atoms with E-state index < -0.39 is 0 Å². The summed E-state index contributed by atoms with van der Waals surface area (Å²) in [6.07, 6.45) is 2.28. The molecule has 22 heavy (non-hydrogen) atoms. The molecule has 0 spiro atoms. The standard InChI is InChI=1S/C16H19Cl2N3O/c1-4-15-12(16(22)19-8-10(2)3)9-20-21(15)11-5-6-13(17)14(18)7-11/h5-7,9-10H,4,8H2,1-3H3,(H,19,22). The zero-order valence-corrected chi connectivity index (χ0v) is 14.4. The van der Waals surface area contributed by atoms with Crippen molar-refractivity contribution in [2.75, 3.05) is 6.54 Å². The maximum atomic E-state index is 12.3. The molecule has 6 heteroatoms. The molecule has 0 radical (unpaired) electrons. The molecule has 118 valence electrons. The molecule has 0 saturated carbocycles. The third kappa shape index (κ3) is 3.62. The molecule has 1 amide bonds. The van der Waals surface area contributed by atoms with Crippen LogP contribution in [0.4, 0.5) is 0 Å². The topological polar surface area (TPSA) is 46.9 Å². The molecule has 0 aliphatic rings. The lowest BCUT2D eigenvalue weighted by Gasteiger charge is -2.10. The van der Waals surface area contributed by atoms with Crippen LogP contribution < -0.4 is 5.32 Å². The van der Waals surface area contributed by atoms with Crippen LogP contribution in [0.25, 0.3) is 5.69 Å². The Hall–Kier alpha value is -1.52. The number of amides is 1. The average Bonchev–Trinajstić information content (AvgIpc) is 2.91. The van der Waals surface area contributed by atoms with Gasteiger partial charge in [0.25, 0.3) is 5.91 Å². The van der Waals surface area contributed by atoms with E-state index in [1.165, 1.54) is 0 Å². The van der Waals surface area contributed by atoms with Crippen LogP contribution in [-0.2, 0) is 6.42 Å². The Kier molecular flexibility index (Phi) is 5.48. The highest BCUT2D eigenvalue weighted by Crippen LogP contribution is 2.25. The number of carbonyl (C=O) groups excluding carboxylic acids is 1. The summed E-state index contributed by atoms with van der Waals surface area (Å²) in [5.41, 5.74) is 2.23. The quantitative estimate of drug-likeness (QED) is 0.890. The van der Waals surface area contributed by atoms with Gasteiger partial charge in [0, 0.05) is 6.54 Å². The van der Waals surface area contributed by atoms with Crippen molar-refractivity contribution in [3.63, 3.8) is 0 Å². The molecule has 1 heterocycles. The molecule has 0 saturated heterocycles. The Morgan fingerprint density at radius 2 is 2.05 bits per heavy atom. The van der Waals surface area contributed by atoms with E-state index in [4.69, 9.17) is 23.2 Å². The number of hydrogen-bond donors (Lipinski definition) is 1. The van der Waals surface area contributed by atoms with Crippen LogP contribution in [0.3, 0.4) is 0 Å². The highest BCUT2D eigenvalue weighted by molar-refractivity contribution is 6.42. The number of rotatable bonds is 5. The first-order chi connectivity index (χ1) is 10.4. The van der Waals surface area contributed by atoms with E-state index in [1.54, 1.807) is 23.0 Å². The zero-order valence-electron chi connectivity index (χ0n) is 12.9. The molecule has 2 aromatic rings. The number of aromatic nitrogens is 2. The van der Waals surface area contributed by atoms with Crippen molar-refractivity contribution in [1.82, 2.24) is 15.1 Å². The van der Waals surface area contributed by atoms with Gasteiger partial charge < -0.3 is 5.32 Å². The Morgan fingerprint density at radius 1 is 1.32 bits per heavy atom. The first kappa shape index (κ1) is 16.8. The van der Waals surface area contributed by atoms with Crippen LogP contribution in [0.5, 0.6) is 0 Å². The molecule has 0 fully saturated rings. The van der Waals surface area contributed by atoms with Crippen molar-refractivity contribution in [3.8, 4) is 5.69 Å². The van der Waals surface area contributed by atoms with Crippen molar-refractivity contribution in [2.24, 2.45) is 5.92 Å². The van der Waals surface area contributed by atoms with Gasteiger partial charge in [0.15, 0.2) is 0 Å². The lowest BCUT2D eigenvalue weighted by atomic mass is 10.1. The van der Waals surface area contributed by atoms with E-state index in [9.17, 15) is 4.79 Å². The number of benzene rings is 1. The van der Waals surface area contributed by atoms with Gasteiger partial charge in [-0.2, -0.15) is 5.10 Å². The lowest BCUT2D eigenvalue weighted by molar-refractivity contribution is 0.0948. The highest BCUT2D eigenvalue weighted by atomic mass is 35.5. The fourth-order valence-electron chi connectivity index (χ4n) is 2.14. The SMILES string of the molecule is CCc1c(C(=O)NCC(C)C)cnn1-c1ccc(Cl)c(Cl)c1. The third-order valence-electron chi connectivity index (χ3n) is 3.27. The lowest BCUT2D eigenvalue weighted by Crippen LogP contribution is -2.28. The second-order valence-electron chi connectivity index (χ2n) is 5.47. The Morgan fingerprint density at radius 3 is 2.64 bits per heavy atom. The second-order valence-corrected chi connectivity index (χ2v) is 6.29. The van der Waals surface area contributed by atoms with E-state index in [1.807, 2.05) is 13.0 Å². The summed E-state index contributed by atoms with van der Waals surface area (Å²) in [7, 11) is 0. The monoisotopic (exact) mass is 339 g/mol. The fourth-order valence-corrected chi connectivity index (χ4v) is 2.43. The summed E-state index contributed by atoms with van der Waals surface area (Å²) < 4.78 is 1.73. The highest BCUT2D eigenvalue weighted by Gasteiger charge is 2.17. The van der Waals surface area contributed by atoms with Crippen LogP contribution in [0.1, 0.15) is 36.8 Å². The molecule has 0 atom stereocenters. The molecule has 0 aliphatic carbocycles. The van der Waals surface area contributed by atoms with Gasteiger partial charge in [0.05, 0.1) is 33.2 Å². The smallest absolute Gasteiger partial charge is 0.254 e. The zero-order chi connectivity index (χ0) is 16.3. The average molecular weight is 340 g/mol. The van der Waals surface area contributed by atoms with Crippen molar-refractivity contribution in [1.29, 1.82) is 0 Å². The molecule has 1 aromatic carbocycles. The number of nitrogens with zero attached hydrogens (tertiary/aromatic N) is 2. The van der Waals surface area contributed by atoms with Crippen LogP contribution in [-0.4, -0.2) is 22.2 Å². The third-order valence-corrected chi connectivity index (χ3v) is 4.01. The molecule has 1 N–H and O–H groups in total. The first-order valence-corrected chi connectivity index (χ1v) is 8.00. The molecule has 0 bridgehead atoms. The van der Waals surface area contributed by atoms with E-state index in [-0.39, 0.29) is 5.91 Å². The Bertz CT molecular complexity index is 680. The van der Waals surface area contributed by atoms with Crippen molar-refractivity contribution < 1.29 is 4.79 Å². The summed E-state index contributed by atoms with van der Waals surface area (Å²) in [5, 5.41) is 8.20. The van der Waals surface area contributed by atoms with E-state index in [0.29, 0.717) is 34.5 Å². The Balaban J connectivity index is 2.34. The minimum Gasteiger partial charge on any atom is -0.352 e. The van der Waals surface area contributed by atoms with Gasteiger partial charge in [-0.25, -0.2) is 4.68 Å². The van der Waals surface area contributed by atoms with Gasteiger partial charge in [0.1, 0.15) is 0 Å². The minimum atomic E-state index is -0.100. The molecular formula is C16H19Cl2N3O. The summed E-state index contributed by atoms with van der Waals surface area (Å²) in [6.45, 7) is 6.74. The normalized spacial score (nSPS) is 11.0. The predicted octanol–water partition coefficient (Wildman–Crippen LogP) is 4.13. The predicted molar refractivity (Wildman–Crippen MR) is 90.1 cm³/mol. The van der Waals surface area contributed by atoms with Gasteiger partial charge in [-0.05, 0) is 30.5 Å². The van der Waals surface area contributed by atoms with Gasteiger partial charge in [0.2, 0.25) is 0 Å². The van der Waals surface area contributed by atoms with Crippen LogP contribution in [0.2, 0.25) is 10.0 Å². The number of carbonyl (C=O) groups is 1. The van der Waals surface area contributed by atoms with Crippen LogP contribution in [0.15, 0.2) is 24.4 Å². The molecule has 0 unspecified atom stereocenters. The number of halogens is 2. The molecule has 2 rings (SSSR count). The van der Waals surface area contributed by atoms with Crippen molar-refractivity contribution in [3.05, 3.63) is 45.7 Å². The van der Waals surface area contributed by atoms with E-state index in [0.717, 1.165) is 11.4 Å². The largest absolute Gasteiger partial charge is 0.352 e. The van der Waals surface area contributed by atoms with E-state index in [2.05, 4.69) is 24.3 Å². The number of hydrogen-bond acceptors (Lipinski definition) is 2. The maximum Gasteiger partial charge on any atom is 0.254 e. The first-order valence-electron chi connectivity index (χ1n) is 7.24. The van der Waals surface area contributed by atoms with Crippen LogP contribution >= 0.6 is 23.2 Å². The minimum absolute atomic E-state index is 0.100. The Labute approximate surface area is 140 Å². The van der Waals surface area contributed by atoms with Crippen molar-refractivity contribution >= 4 is 29.1 Å². The van der Waals surface area contributed by atoms with Gasteiger partial charge in [-0.3, -0.25) is 4.79 Å². The summed E-state index contributed by atoms with van der Waals surface area (Å²) in [6, 6.07) is 5.29. The summed E-state index contributed by atoms with van der Waals surface area (Å²) in [5.74, 6) is 0.302. The maximum absolute atomic E-state index is 12.3. The second kappa shape index (κ2) is 7.16. The van der Waals surface area contributed by atoms with Gasteiger partial charge in [-0.1, -0.05) is 44.0 Å².